The molecule has 1 aromatic heterocycles. The van der Waals surface area contributed by atoms with Crippen molar-refractivity contribution in [3.05, 3.63) is 64.9 Å². The van der Waals surface area contributed by atoms with Crippen molar-refractivity contribution in [3.63, 3.8) is 0 Å². The minimum Gasteiger partial charge on any atom is -0.480 e. The predicted molar refractivity (Wildman–Crippen MR) is 116 cm³/mol. The second-order valence-corrected chi connectivity index (χ2v) is 10.1. The van der Waals surface area contributed by atoms with Crippen LogP contribution in [0.15, 0.2) is 41.3 Å². The SMILES string of the molecule is Cc1cc(F)ccc1S(=O)(=O)N1CCC(c2c(C)n(CC(=O)O)c3ccc(F)cc23)CC1. The standard InChI is InChI=1S/C23H24F2N2O4S/c1-14-11-17(24)4-6-21(14)32(30,31)26-9-7-16(8-10-26)23-15(2)27(13-22(28)29)20-5-3-18(25)12-19(20)23/h3-6,11-12,16H,7-10,13H2,1-2H3,(H,28,29). The highest BCUT2D eigenvalue weighted by Gasteiger charge is 2.33. The molecule has 1 fully saturated rings. The smallest absolute Gasteiger partial charge is 0.323 e. The molecule has 0 aliphatic carbocycles. The Bertz CT molecular complexity index is 1310. The van der Waals surface area contributed by atoms with Crippen LogP contribution in [0.5, 0.6) is 0 Å². The molecule has 2 heterocycles. The summed E-state index contributed by atoms with van der Waals surface area (Å²) in [7, 11) is -3.76. The number of hydrogen-bond acceptors (Lipinski definition) is 3. The number of hydrogen-bond donors (Lipinski definition) is 1. The Morgan fingerprint density at radius 1 is 1.06 bits per heavy atom. The topological polar surface area (TPSA) is 79.6 Å². The van der Waals surface area contributed by atoms with Gasteiger partial charge in [-0.25, -0.2) is 17.2 Å². The van der Waals surface area contributed by atoms with Crippen LogP contribution in [0.3, 0.4) is 0 Å². The van der Waals surface area contributed by atoms with Gasteiger partial charge in [0.15, 0.2) is 0 Å². The Kier molecular flexibility index (Phi) is 5.81. The summed E-state index contributed by atoms with van der Waals surface area (Å²) < 4.78 is 56.7. The monoisotopic (exact) mass is 462 g/mol. The second-order valence-electron chi connectivity index (χ2n) is 8.23. The van der Waals surface area contributed by atoms with E-state index in [0.29, 0.717) is 29.3 Å². The summed E-state index contributed by atoms with van der Waals surface area (Å²) in [4.78, 5) is 11.5. The lowest BCUT2D eigenvalue weighted by molar-refractivity contribution is -0.137. The van der Waals surface area contributed by atoms with Gasteiger partial charge in [-0.05, 0) is 80.1 Å². The third-order valence-electron chi connectivity index (χ3n) is 6.24. The van der Waals surface area contributed by atoms with Crippen LogP contribution in [0.4, 0.5) is 8.78 Å². The molecule has 1 saturated heterocycles. The van der Waals surface area contributed by atoms with E-state index < -0.39 is 27.6 Å². The zero-order valence-electron chi connectivity index (χ0n) is 17.8. The number of halogens is 2. The largest absolute Gasteiger partial charge is 0.480 e. The van der Waals surface area contributed by atoms with Crippen molar-refractivity contribution in [3.8, 4) is 0 Å². The van der Waals surface area contributed by atoms with Crippen molar-refractivity contribution in [1.82, 2.24) is 8.87 Å². The zero-order valence-corrected chi connectivity index (χ0v) is 18.6. The van der Waals surface area contributed by atoms with Crippen molar-refractivity contribution >= 4 is 26.9 Å². The average molecular weight is 463 g/mol. The van der Waals surface area contributed by atoms with Gasteiger partial charge in [0.05, 0.1) is 4.90 Å². The molecule has 32 heavy (non-hydrogen) atoms. The molecule has 0 bridgehead atoms. The molecule has 2 aromatic carbocycles. The molecule has 0 radical (unpaired) electrons. The van der Waals surface area contributed by atoms with E-state index in [-0.39, 0.29) is 30.4 Å². The van der Waals surface area contributed by atoms with Gasteiger partial charge in [0, 0.05) is 29.7 Å². The van der Waals surface area contributed by atoms with Crippen molar-refractivity contribution in [1.29, 1.82) is 0 Å². The molecule has 1 aliphatic heterocycles. The maximum atomic E-state index is 14.0. The number of sulfonamides is 1. The Hall–Kier alpha value is -2.78. The van der Waals surface area contributed by atoms with E-state index in [9.17, 15) is 27.1 Å². The first-order valence-electron chi connectivity index (χ1n) is 10.4. The normalized spacial score (nSPS) is 16.0. The van der Waals surface area contributed by atoms with Crippen LogP contribution >= 0.6 is 0 Å². The van der Waals surface area contributed by atoms with Crippen molar-refractivity contribution < 1.29 is 27.1 Å². The van der Waals surface area contributed by atoms with Gasteiger partial charge in [0.1, 0.15) is 18.2 Å². The van der Waals surface area contributed by atoms with Gasteiger partial charge >= 0.3 is 5.97 Å². The fraction of sp³-hybridized carbons (Fsp3) is 0.348. The molecule has 0 atom stereocenters. The summed E-state index contributed by atoms with van der Waals surface area (Å²) in [5.41, 5.74) is 2.63. The summed E-state index contributed by atoms with van der Waals surface area (Å²) in [6, 6.07) is 7.95. The third kappa shape index (κ3) is 3.91. The van der Waals surface area contributed by atoms with Gasteiger partial charge < -0.3 is 9.67 Å². The number of aromatic nitrogens is 1. The van der Waals surface area contributed by atoms with E-state index in [1.54, 1.807) is 17.6 Å². The molecule has 0 spiro atoms. The molecule has 170 valence electrons. The fourth-order valence-electron chi connectivity index (χ4n) is 4.76. The van der Waals surface area contributed by atoms with Gasteiger partial charge in [-0.1, -0.05) is 0 Å². The van der Waals surface area contributed by atoms with E-state index in [4.69, 9.17) is 0 Å². The van der Waals surface area contributed by atoms with Gasteiger partial charge in [-0.2, -0.15) is 4.31 Å². The van der Waals surface area contributed by atoms with Crippen LogP contribution in [0.2, 0.25) is 0 Å². The van der Waals surface area contributed by atoms with Crippen LogP contribution in [-0.2, 0) is 21.4 Å². The lowest BCUT2D eigenvalue weighted by atomic mass is 9.88. The molecule has 0 saturated carbocycles. The number of rotatable bonds is 5. The number of carboxylic acid groups (broad SMARTS) is 1. The van der Waals surface area contributed by atoms with E-state index in [1.165, 1.54) is 28.6 Å². The quantitative estimate of drug-likeness (QED) is 0.617. The number of aliphatic carboxylic acids is 1. The molecule has 4 rings (SSSR count). The minimum absolute atomic E-state index is 0.0323. The number of benzene rings is 2. The summed E-state index contributed by atoms with van der Waals surface area (Å²) in [5, 5.41) is 9.97. The van der Waals surface area contributed by atoms with Gasteiger partial charge in [-0.3, -0.25) is 4.79 Å². The highest BCUT2D eigenvalue weighted by Crippen LogP contribution is 2.39. The van der Waals surface area contributed by atoms with Gasteiger partial charge in [0.2, 0.25) is 10.0 Å². The van der Waals surface area contributed by atoms with E-state index >= 15 is 0 Å². The second kappa shape index (κ2) is 8.29. The Morgan fingerprint density at radius 2 is 1.69 bits per heavy atom. The van der Waals surface area contributed by atoms with Crippen LogP contribution in [0.25, 0.3) is 10.9 Å². The van der Waals surface area contributed by atoms with Crippen LogP contribution in [0, 0.1) is 25.5 Å². The third-order valence-corrected chi connectivity index (χ3v) is 8.30. The number of piperidine rings is 1. The lowest BCUT2D eigenvalue weighted by Crippen LogP contribution is -2.38. The van der Waals surface area contributed by atoms with E-state index in [1.807, 2.05) is 6.92 Å². The van der Waals surface area contributed by atoms with E-state index in [2.05, 4.69) is 0 Å². The molecule has 3 aromatic rings. The average Bonchev–Trinajstić information content (AvgIpc) is 2.98. The molecule has 1 aliphatic rings. The summed E-state index contributed by atoms with van der Waals surface area (Å²) in [6.45, 7) is 3.69. The Balaban J connectivity index is 1.64. The summed E-state index contributed by atoms with van der Waals surface area (Å²) in [6.07, 6.45) is 1.03. The number of nitrogens with zero attached hydrogens (tertiary/aromatic N) is 2. The maximum Gasteiger partial charge on any atom is 0.323 e. The molecule has 6 nitrogen and oxygen atoms in total. The predicted octanol–water partition coefficient (Wildman–Crippen LogP) is 4.19. The molecular weight excluding hydrogens is 438 g/mol. The Morgan fingerprint density at radius 3 is 2.31 bits per heavy atom. The fourth-order valence-corrected chi connectivity index (χ4v) is 6.44. The molecule has 0 unspecified atom stereocenters. The summed E-state index contributed by atoms with van der Waals surface area (Å²) >= 11 is 0. The first-order valence-corrected chi connectivity index (χ1v) is 11.8. The van der Waals surface area contributed by atoms with Crippen LogP contribution in [0.1, 0.15) is 35.6 Å². The molecule has 9 heteroatoms. The molecule has 1 N–H and O–H groups in total. The molecular formula is C23H24F2N2O4S. The number of aryl methyl sites for hydroxylation is 1. The zero-order chi connectivity index (χ0) is 23.2. The maximum absolute atomic E-state index is 14.0. The molecule has 0 amide bonds. The highest BCUT2D eigenvalue weighted by molar-refractivity contribution is 7.89. The van der Waals surface area contributed by atoms with Crippen LogP contribution < -0.4 is 0 Å². The van der Waals surface area contributed by atoms with Crippen LogP contribution in [-0.4, -0.2) is 41.5 Å². The first-order chi connectivity index (χ1) is 15.1. The minimum atomic E-state index is -3.76. The first kappa shape index (κ1) is 22.4. The highest BCUT2D eigenvalue weighted by atomic mass is 32.2. The Labute approximate surface area is 185 Å². The number of carboxylic acids is 1. The van der Waals surface area contributed by atoms with Crippen molar-refractivity contribution in [2.24, 2.45) is 0 Å². The summed E-state index contributed by atoms with van der Waals surface area (Å²) in [5.74, 6) is -1.91. The van der Waals surface area contributed by atoms with Gasteiger partial charge in [-0.15, -0.1) is 0 Å². The van der Waals surface area contributed by atoms with Crippen molar-refractivity contribution in [2.45, 2.75) is 44.0 Å². The van der Waals surface area contributed by atoms with Gasteiger partial charge in [0.25, 0.3) is 0 Å². The van der Waals surface area contributed by atoms with E-state index in [0.717, 1.165) is 17.3 Å². The number of fused-ring (bicyclic) bond motifs is 1. The lowest BCUT2D eigenvalue weighted by Gasteiger charge is -2.32. The number of carbonyl (C=O) groups is 1. The van der Waals surface area contributed by atoms with Crippen molar-refractivity contribution in [2.75, 3.05) is 13.1 Å².